The van der Waals surface area contributed by atoms with Gasteiger partial charge in [0.2, 0.25) is 0 Å². The molecule has 1 aromatic carbocycles. The van der Waals surface area contributed by atoms with E-state index in [0.29, 0.717) is 10.2 Å². The van der Waals surface area contributed by atoms with Crippen LogP contribution in [0.1, 0.15) is 6.92 Å². The number of hydrogen-bond acceptors (Lipinski definition) is 5. The lowest BCUT2D eigenvalue weighted by Gasteiger charge is -2.21. The first-order valence-corrected chi connectivity index (χ1v) is 5.88. The monoisotopic (exact) mass is 313 g/mol. The summed E-state index contributed by atoms with van der Waals surface area (Å²) in [6.07, 6.45) is 0. The molecule has 0 saturated carbocycles. The van der Waals surface area contributed by atoms with E-state index in [4.69, 9.17) is 10.00 Å². The van der Waals surface area contributed by atoms with E-state index in [9.17, 15) is 10.1 Å². The maximum atomic E-state index is 10.6. The molecule has 1 unspecified atom stereocenters. The highest BCUT2D eigenvalue weighted by Gasteiger charge is 2.23. The molecule has 7 heteroatoms. The lowest BCUT2D eigenvalue weighted by Crippen LogP contribution is -2.43. The molecular weight excluding hydrogens is 302 g/mol. The van der Waals surface area contributed by atoms with Gasteiger partial charge in [0.05, 0.1) is 21.5 Å². The summed E-state index contributed by atoms with van der Waals surface area (Å²) < 4.78 is 6.04. The van der Waals surface area contributed by atoms with Crippen LogP contribution in [0.2, 0.25) is 0 Å². The molecule has 0 aliphatic heterocycles. The molecule has 18 heavy (non-hydrogen) atoms. The van der Waals surface area contributed by atoms with E-state index < -0.39 is 10.5 Å². The smallest absolute Gasteiger partial charge is 0.273 e. The van der Waals surface area contributed by atoms with E-state index in [1.165, 1.54) is 18.2 Å². The number of likely N-dealkylation sites (N-methyl/N-ethyl adjacent to an activating group) is 1. The number of nitro groups is 1. The molecule has 0 radical (unpaired) electrons. The highest BCUT2D eigenvalue weighted by Crippen LogP contribution is 2.29. The Morgan fingerprint density at radius 1 is 1.67 bits per heavy atom. The van der Waals surface area contributed by atoms with Crippen LogP contribution in [0.4, 0.5) is 5.69 Å². The molecule has 96 valence electrons. The largest absolute Gasteiger partial charge is 0.489 e. The third kappa shape index (κ3) is 3.42. The van der Waals surface area contributed by atoms with Gasteiger partial charge in [-0.05, 0) is 36.0 Å². The van der Waals surface area contributed by atoms with E-state index in [1.807, 2.05) is 0 Å². The third-order valence-electron chi connectivity index (χ3n) is 2.44. The van der Waals surface area contributed by atoms with Crippen LogP contribution in [0.15, 0.2) is 22.7 Å². The number of ether oxygens (including phenoxy) is 1. The molecule has 0 fully saturated rings. The summed E-state index contributed by atoms with van der Waals surface area (Å²) in [6, 6.07) is 6.30. The minimum atomic E-state index is -0.843. The summed E-state index contributed by atoms with van der Waals surface area (Å²) in [7, 11) is 1.65. The van der Waals surface area contributed by atoms with Crippen LogP contribution in [-0.2, 0) is 0 Å². The van der Waals surface area contributed by atoms with E-state index in [-0.39, 0.29) is 12.3 Å². The van der Waals surface area contributed by atoms with Crippen molar-refractivity contribution in [2.24, 2.45) is 0 Å². The highest BCUT2D eigenvalue weighted by atomic mass is 79.9. The summed E-state index contributed by atoms with van der Waals surface area (Å²) in [5.74, 6) is 0.334. The summed E-state index contributed by atoms with van der Waals surface area (Å²) in [6.45, 7) is 1.76. The number of rotatable bonds is 5. The van der Waals surface area contributed by atoms with Gasteiger partial charge in [-0.25, -0.2) is 0 Å². The molecule has 1 rings (SSSR count). The number of nitriles is 1. The molecule has 0 aliphatic carbocycles. The van der Waals surface area contributed by atoms with Crippen molar-refractivity contribution in [2.75, 3.05) is 13.7 Å². The van der Waals surface area contributed by atoms with Crippen LogP contribution >= 0.6 is 15.9 Å². The van der Waals surface area contributed by atoms with E-state index in [2.05, 4.69) is 27.3 Å². The lowest BCUT2D eigenvalue weighted by atomic mass is 10.1. The molecule has 0 bridgehead atoms. The molecule has 0 aromatic heterocycles. The zero-order valence-electron chi connectivity index (χ0n) is 9.94. The van der Waals surface area contributed by atoms with Crippen molar-refractivity contribution >= 4 is 21.6 Å². The molecule has 0 saturated heterocycles. The van der Waals surface area contributed by atoms with Gasteiger partial charge in [-0.3, -0.25) is 15.4 Å². The first-order chi connectivity index (χ1) is 8.41. The third-order valence-corrected chi connectivity index (χ3v) is 3.10. The first kappa shape index (κ1) is 14.4. The van der Waals surface area contributed by atoms with Crippen LogP contribution in [0.5, 0.6) is 5.75 Å². The second kappa shape index (κ2) is 5.80. The Balaban J connectivity index is 2.88. The van der Waals surface area contributed by atoms with Gasteiger partial charge >= 0.3 is 0 Å². The Morgan fingerprint density at radius 3 is 2.83 bits per heavy atom. The van der Waals surface area contributed by atoms with Crippen molar-refractivity contribution in [1.29, 1.82) is 5.26 Å². The zero-order valence-corrected chi connectivity index (χ0v) is 11.5. The van der Waals surface area contributed by atoms with Crippen LogP contribution in [-0.4, -0.2) is 24.1 Å². The Kier molecular flexibility index (Phi) is 4.64. The summed E-state index contributed by atoms with van der Waals surface area (Å²) >= 11 is 3.24. The molecule has 1 atom stereocenters. The minimum Gasteiger partial charge on any atom is -0.489 e. The van der Waals surface area contributed by atoms with Crippen molar-refractivity contribution in [2.45, 2.75) is 12.5 Å². The van der Waals surface area contributed by atoms with Gasteiger partial charge in [-0.2, -0.15) is 5.26 Å². The Morgan fingerprint density at radius 2 is 2.33 bits per heavy atom. The number of hydrogen-bond donors (Lipinski definition) is 1. The van der Waals surface area contributed by atoms with Crippen LogP contribution in [0, 0.1) is 21.4 Å². The lowest BCUT2D eigenvalue weighted by molar-refractivity contribution is -0.385. The quantitative estimate of drug-likeness (QED) is 0.665. The summed E-state index contributed by atoms with van der Waals surface area (Å²) in [5, 5.41) is 22.4. The van der Waals surface area contributed by atoms with Gasteiger partial charge in [0.25, 0.3) is 5.69 Å². The predicted molar refractivity (Wildman–Crippen MR) is 69.4 cm³/mol. The fourth-order valence-electron chi connectivity index (χ4n) is 1.10. The highest BCUT2D eigenvalue weighted by molar-refractivity contribution is 9.10. The first-order valence-electron chi connectivity index (χ1n) is 5.09. The van der Waals surface area contributed by atoms with Crippen LogP contribution in [0.3, 0.4) is 0 Å². The van der Waals surface area contributed by atoms with Crippen molar-refractivity contribution in [3.63, 3.8) is 0 Å². The van der Waals surface area contributed by atoms with Gasteiger partial charge < -0.3 is 4.74 Å². The molecule has 0 aliphatic rings. The molecular formula is C11H12BrN3O3. The average molecular weight is 314 g/mol. The number of nitrogens with zero attached hydrogens (tertiary/aromatic N) is 2. The van der Waals surface area contributed by atoms with Crippen molar-refractivity contribution in [3.8, 4) is 11.8 Å². The fourth-order valence-corrected chi connectivity index (χ4v) is 1.46. The van der Waals surface area contributed by atoms with Gasteiger partial charge in [-0.1, -0.05) is 0 Å². The number of nitrogens with one attached hydrogen (secondary N) is 1. The van der Waals surface area contributed by atoms with Gasteiger partial charge in [-0.15, -0.1) is 0 Å². The summed E-state index contributed by atoms with van der Waals surface area (Å²) in [5.41, 5.74) is -0.902. The molecule has 6 nitrogen and oxygen atoms in total. The zero-order chi connectivity index (χ0) is 13.8. The van der Waals surface area contributed by atoms with Crippen molar-refractivity contribution < 1.29 is 9.66 Å². The second-order valence-corrected chi connectivity index (χ2v) is 4.71. The van der Waals surface area contributed by atoms with Crippen LogP contribution in [0.25, 0.3) is 0 Å². The number of benzene rings is 1. The van der Waals surface area contributed by atoms with Crippen LogP contribution < -0.4 is 10.1 Å². The number of non-ortho nitro benzene ring substituents is 1. The second-order valence-electron chi connectivity index (χ2n) is 3.85. The number of nitro benzene ring substituents is 1. The normalized spacial score (nSPS) is 13.4. The maximum absolute atomic E-state index is 10.6. The van der Waals surface area contributed by atoms with Crippen molar-refractivity contribution in [3.05, 3.63) is 32.8 Å². The molecule has 0 spiro atoms. The van der Waals surface area contributed by atoms with E-state index >= 15 is 0 Å². The van der Waals surface area contributed by atoms with E-state index in [1.54, 1.807) is 14.0 Å². The van der Waals surface area contributed by atoms with Gasteiger partial charge in [0, 0.05) is 6.07 Å². The van der Waals surface area contributed by atoms with Crippen molar-refractivity contribution in [1.82, 2.24) is 5.32 Å². The molecule has 1 aromatic rings. The maximum Gasteiger partial charge on any atom is 0.273 e. The SMILES string of the molecule is CNC(C)(C#N)COc1cc([N+](=O)[O-])ccc1Br. The van der Waals surface area contributed by atoms with E-state index in [0.717, 1.165) is 0 Å². The fraction of sp³-hybridized carbons (Fsp3) is 0.364. The molecule has 1 N–H and O–H groups in total. The summed E-state index contributed by atoms with van der Waals surface area (Å²) in [4.78, 5) is 10.1. The predicted octanol–water partition coefficient (Wildman–Crippen LogP) is 2.24. The molecule has 0 heterocycles. The average Bonchev–Trinajstić information content (AvgIpc) is 2.37. The van der Waals surface area contributed by atoms with Gasteiger partial charge in [0.15, 0.2) is 0 Å². The Bertz CT molecular complexity index is 501. The Labute approximate surface area is 113 Å². The number of halogens is 1. The Hall–Kier alpha value is -1.65. The van der Waals surface area contributed by atoms with Gasteiger partial charge in [0.1, 0.15) is 17.9 Å². The standard InChI is InChI=1S/C11H12BrN3O3/c1-11(6-13,14-2)7-18-10-5-8(15(16)17)3-4-9(10)12/h3-5,14H,7H2,1-2H3. The minimum absolute atomic E-state index is 0.0590. The molecule has 0 amide bonds. The topological polar surface area (TPSA) is 88.2 Å².